The van der Waals surface area contributed by atoms with Crippen LogP contribution in [-0.4, -0.2) is 16.1 Å². The van der Waals surface area contributed by atoms with Crippen molar-refractivity contribution < 1.29 is 14.6 Å². The molecule has 0 saturated carbocycles. The van der Waals surface area contributed by atoms with E-state index in [0.29, 0.717) is 5.56 Å². The Hall–Kier alpha value is -2.36. The minimum Gasteiger partial charge on any atom is -0.507 e. The Morgan fingerprint density at radius 2 is 2.22 bits per heavy atom. The molecule has 1 aromatic carbocycles. The van der Waals surface area contributed by atoms with Crippen molar-refractivity contribution >= 4 is 5.97 Å². The van der Waals surface area contributed by atoms with Crippen LogP contribution in [0.2, 0.25) is 0 Å². The standard InChI is InChI=1S/C14H13NO3/c1-10(16)18-9-11-4-5-14(17)13(7-11)12-3-2-6-15-8-12/h2-8,17H,9H2,1H3. The Bertz CT molecular complexity index is 552. The number of pyridine rings is 1. The normalized spacial score (nSPS) is 10.1. The molecule has 0 radical (unpaired) electrons. The van der Waals surface area contributed by atoms with E-state index in [2.05, 4.69) is 4.98 Å². The van der Waals surface area contributed by atoms with E-state index >= 15 is 0 Å². The topological polar surface area (TPSA) is 59.4 Å². The van der Waals surface area contributed by atoms with Gasteiger partial charge >= 0.3 is 5.97 Å². The summed E-state index contributed by atoms with van der Waals surface area (Å²) in [5.41, 5.74) is 2.31. The van der Waals surface area contributed by atoms with Crippen LogP contribution in [0.3, 0.4) is 0 Å². The molecule has 0 bridgehead atoms. The van der Waals surface area contributed by atoms with Gasteiger partial charge in [0.25, 0.3) is 0 Å². The third kappa shape index (κ3) is 2.85. The van der Waals surface area contributed by atoms with Crippen LogP contribution in [0.4, 0.5) is 0 Å². The molecule has 1 N–H and O–H groups in total. The highest BCUT2D eigenvalue weighted by Crippen LogP contribution is 2.29. The highest BCUT2D eigenvalue weighted by molar-refractivity contribution is 5.70. The molecule has 92 valence electrons. The summed E-state index contributed by atoms with van der Waals surface area (Å²) in [5.74, 6) is -0.152. The highest BCUT2D eigenvalue weighted by Gasteiger charge is 2.06. The lowest BCUT2D eigenvalue weighted by molar-refractivity contribution is -0.142. The Balaban J connectivity index is 2.30. The summed E-state index contributed by atoms with van der Waals surface area (Å²) >= 11 is 0. The second kappa shape index (κ2) is 5.31. The second-order valence-electron chi connectivity index (χ2n) is 3.87. The summed E-state index contributed by atoms with van der Waals surface area (Å²) in [6.07, 6.45) is 3.34. The number of aromatic hydroxyl groups is 1. The molecular formula is C14H13NO3. The maximum atomic E-state index is 10.8. The fourth-order valence-electron chi connectivity index (χ4n) is 1.61. The minimum absolute atomic E-state index is 0.176. The van der Waals surface area contributed by atoms with Crippen LogP contribution in [0.1, 0.15) is 12.5 Å². The maximum Gasteiger partial charge on any atom is 0.302 e. The molecule has 1 heterocycles. The van der Waals surface area contributed by atoms with Crippen LogP contribution < -0.4 is 0 Å². The van der Waals surface area contributed by atoms with Crippen molar-refractivity contribution in [2.75, 3.05) is 0 Å². The van der Waals surface area contributed by atoms with Crippen molar-refractivity contribution in [3.8, 4) is 16.9 Å². The van der Waals surface area contributed by atoms with E-state index < -0.39 is 0 Å². The lowest BCUT2D eigenvalue weighted by Crippen LogP contribution is -1.98. The number of rotatable bonds is 3. The predicted octanol–water partition coefficient (Wildman–Crippen LogP) is 2.52. The van der Waals surface area contributed by atoms with Crippen molar-refractivity contribution in [3.63, 3.8) is 0 Å². The molecule has 0 atom stereocenters. The van der Waals surface area contributed by atoms with Gasteiger partial charge in [-0.2, -0.15) is 0 Å². The lowest BCUT2D eigenvalue weighted by atomic mass is 10.0. The average molecular weight is 243 g/mol. The predicted molar refractivity (Wildman–Crippen MR) is 66.8 cm³/mol. The van der Waals surface area contributed by atoms with Gasteiger partial charge in [0.15, 0.2) is 0 Å². The summed E-state index contributed by atoms with van der Waals surface area (Å²) in [7, 11) is 0. The molecule has 0 fully saturated rings. The first-order valence-corrected chi connectivity index (χ1v) is 5.52. The molecule has 0 aliphatic carbocycles. The molecule has 0 aliphatic heterocycles. The highest BCUT2D eigenvalue weighted by atomic mass is 16.5. The number of phenols is 1. The van der Waals surface area contributed by atoms with E-state index in [1.165, 1.54) is 6.92 Å². The van der Waals surface area contributed by atoms with Gasteiger partial charge in [-0.05, 0) is 23.8 Å². The van der Waals surface area contributed by atoms with Crippen molar-refractivity contribution in [1.82, 2.24) is 4.98 Å². The van der Waals surface area contributed by atoms with Crippen LogP contribution >= 0.6 is 0 Å². The summed E-state index contributed by atoms with van der Waals surface area (Å²) in [6.45, 7) is 1.56. The molecule has 4 heteroatoms. The van der Waals surface area contributed by atoms with Gasteiger partial charge in [-0.15, -0.1) is 0 Å². The SMILES string of the molecule is CC(=O)OCc1ccc(O)c(-c2cccnc2)c1. The van der Waals surface area contributed by atoms with Crippen LogP contribution in [0.15, 0.2) is 42.7 Å². The molecule has 2 rings (SSSR count). The molecule has 0 unspecified atom stereocenters. The Labute approximate surface area is 105 Å². The maximum absolute atomic E-state index is 10.8. The van der Waals surface area contributed by atoms with Crippen LogP contribution in [-0.2, 0) is 16.1 Å². The summed E-state index contributed by atoms with van der Waals surface area (Å²) in [5, 5.41) is 9.83. The zero-order valence-electron chi connectivity index (χ0n) is 9.96. The number of benzene rings is 1. The Morgan fingerprint density at radius 1 is 1.39 bits per heavy atom. The second-order valence-corrected chi connectivity index (χ2v) is 3.87. The van der Waals surface area contributed by atoms with E-state index in [0.717, 1.165) is 11.1 Å². The number of hydrogen-bond acceptors (Lipinski definition) is 4. The third-order valence-corrected chi connectivity index (χ3v) is 2.48. The molecule has 2 aromatic rings. The van der Waals surface area contributed by atoms with Crippen molar-refractivity contribution in [3.05, 3.63) is 48.3 Å². The molecule has 0 amide bonds. The van der Waals surface area contributed by atoms with E-state index in [-0.39, 0.29) is 18.3 Å². The molecule has 0 spiro atoms. The number of carbonyl (C=O) groups excluding carboxylic acids is 1. The monoisotopic (exact) mass is 243 g/mol. The number of phenolic OH excluding ortho intramolecular Hbond substituents is 1. The van der Waals surface area contributed by atoms with Gasteiger partial charge in [-0.3, -0.25) is 9.78 Å². The Morgan fingerprint density at radius 3 is 2.89 bits per heavy atom. The zero-order chi connectivity index (χ0) is 13.0. The van der Waals surface area contributed by atoms with E-state index in [1.54, 1.807) is 36.7 Å². The van der Waals surface area contributed by atoms with Gasteiger partial charge in [0.1, 0.15) is 12.4 Å². The third-order valence-electron chi connectivity index (χ3n) is 2.48. The van der Waals surface area contributed by atoms with Gasteiger partial charge in [0, 0.05) is 30.4 Å². The number of carbonyl (C=O) groups is 1. The number of hydrogen-bond donors (Lipinski definition) is 1. The van der Waals surface area contributed by atoms with E-state index in [1.807, 2.05) is 6.07 Å². The fraction of sp³-hybridized carbons (Fsp3) is 0.143. The summed E-state index contributed by atoms with van der Waals surface area (Å²) in [4.78, 5) is 14.8. The number of nitrogens with zero attached hydrogens (tertiary/aromatic N) is 1. The quantitative estimate of drug-likeness (QED) is 0.841. The number of esters is 1. The molecule has 0 aliphatic rings. The first-order chi connectivity index (χ1) is 8.66. The van der Waals surface area contributed by atoms with E-state index in [9.17, 15) is 9.90 Å². The summed E-state index contributed by atoms with van der Waals surface area (Å²) < 4.78 is 4.92. The van der Waals surface area contributed by atoms with Crippen molar-refractivity contribution in [2.24, 2.45) is 0 Å². The van der Waals surface area contributed by atoms with Gasteiger partial charge in [0.05, 0.1) is 0 Å². The number of ether oxygens (including phenoxy) is 1. The summed E-state index contributed by atoms with van der Waals surface area (Å²) in [6, 6.07) is 8.75. The number of aromatic nitrogens is 1. The smallest absolute Gasteiger partial charge is 0.302 e. The van der Waals surface area contributed by atoms with Crippen molar-refractivity contribution in [2.45, 2.75) is 13.5 Å². The van der Waals surface area contributed by atoms with Crippen molar-refractivity contribution in [1.29, 1.82) is 0 Å². The van der Waals surface area contributed by atoms with E-state index in [4.69, 9.17) is 4.74 Å². The first kappa shape index (κ1) is 12.1. The lowest BCUT2D eigenvalue weighted by Gasteiger charge is -2.08. The van der Waals surface area contributed by atoms with Crippen LogP contribution in [0, 0.1) is 0 Å². The molecule has 4 nitrogen and oxygen atoms in total. The molecule has 1 aromatic heterocycles. The minimum atomic E-state index is -0.328. The Kier molecular flexibility index (Phi) is 3.57. The van der Waals surface area contributed by atoms with Gasteiger partial charge in [0.2, 0.25) is 0 Å². The molecule has 0 saturated heterocycles. The fourth-order valence-corrected chi connectivity index (χ4v) is 1.61. The zero-order valence-corrected chi connectivity index (χ0v) is 9.96. The van der Waals surface area contributed by atoms with Gasteiger partial charge in [-0.1, -0.05) is 12.1 Å². The first-order valence-electron chi connectivity index (χ1n) is 5.52. The van der Waals surface area contributed by atoms with Crippen LogP contribution in [0.5, 0.6) is 5.75 Å². The van der Waals surface area contributed by atoms with Crippen LogP contribution in [0.25, 0.3) is 11.1 Å². The van der Waals surface area contributed by atoms with Gasteiger partial charge in [-0.25, -0.2) is 0 Å². The van der Waals surface area contributed by atoms with Gasteiger partial charge < -0.3 is 9.84 Å². The average Bonchev–Trinajstić information content (AvgIpc) is 2.38. The molecule has 18 heavy (non-hydrogen) atoms. The largest absolute Gasteiger partial charge is 0.507 e. The molecular weight excluding hydrogens is 230 g/mol.